The molecule has 0 spiro atoms. The Kier molecular flexibility index (Phi) is 7.38. The Labute approximate surface area is 244 Å². The topological polar surface area (TPSA) is 95.1 Å². The Hall–Kier alpha value is -4.34. The summed E-state index contributed by atoms with van der Waals surface area (Å²) in [5.41, 5.74) is 3.71. The lowest BCUT2D eigenvalue weighted by Crippen LogP contribution is -2.42. The standard InChI is InChI=1S/C32H35FN6O3/c1-5-42-32(41)27-15-34-39(30(27)26-14-25(26)28-18-37(4)36-35-28)22-9-6-8-21(13-22)23-10-7-11-24(29(23)33)31(40)38-16-19(2)12-20(3)17-38/h6-11,13,15,18-20,25-26H,5,12,14,16-17H2,1-4H3/t19?,20?,25-,26-/m1/s1. The molecule has 0 radical (unpaired) electrons. The zero-order valence-corrected chi connectivity index (χ0v) is 24.3. The molecule has 0 N–H and O–H groups in total. The van der Waals surface area contributed by atoms with Crippen LogP contribution in [0.1, 0.15) is 77.6 Å². The summed E-state index contributed by atoms with van der Waals surface area (Å²) >= 11 is 0. The second-order valence-corrected chi connectivity index (χ2v) is 11.7. The Bertz CT molecular complexity index is 1630. The van der Waals surface area contributed by atoms with Crippen LogP contribution in [0, 0.1) is 17.7 Å². The molecule has 1 aliphatic heterocycles. The summed E-state index contributed by atoms with van der Waals surface area (Å²) in [6.45, 7) is 7.53. The van der Waals surface area contributed by atoms with Crippen molar-refractivity contribution in [2.45, 2.75) is 45.4 Å². The molecule has 4 atom stereocenters. The molecule has 218 valence electrons. The first-order valence-corrected chi connectivity index (χ1v) is 14.5. The molecule has 42 heavy (non-hydrogen) atoms. The Morgan fingerprint density at radius 3 is 2.50 bits per heavy atom. The highest BCUT2D eigenvalue weighted by Crippen LogP contribution is 2.55. The smallest absolute Gasteiger partial charge is 0.341 e. The molecule has 1 amide bonds. The average molecular weight is 571 g/mol. The van der Waals surface area contributed by atoms with E-state index in [-0.39, 0.29) is 29.9 Å². The van der Waals surface area contributed by atoms with Crippen LogP contribution >= 0.6 is 0 Å². The number of esters is 1. The van der Waals surface area contributed by atoms with Gasteiger partial charge in [-0.2, -0.15) is 5.10 Å². The van der Waals surface area contributed by atoms with Crippen molar-refractivity contribution in [3.05, 3.63) is 83.2 Å². The molecule has 6 rings (SSSR count). The predicted octanol–water partition coefficient (Wildman–Crippen LogP) is 5.37. The van der Waals surface area contributed by atoms with Crippen LogP contribution < -0.4 is 0 Å². The number of likely N-dealkylation sites (tertiary alicyclic amines) is 1. The lowest BCUT2D eigenvalue weighted by Gasteiger charge is -2.35. The van der Waals surface area contributed by atoms with Crippen LogP contribution in [0.5, 0.6) is 0 Å². The molecule has 0 bridgehead atoms. The van der Waals surface area contributed by atoms with Gasteiger partial charge < -0.3 is 9.64 Å². The molecule has 1 saturated carbocycles. The molecule has 2 unspecified atom stereocenters. The number of aryl methyl sites for hydroxylation is 1. The molecule has 1 aliphatic carbocycles. The third kappa shape index (κ3) is 5.21. The first-order chi connectivity index (χ1) is 20.2. The number of rotatable bonds is 7. The molecule has 3 heterocycles. The van der Waals surface area contributed by atoms with Crippen LogP contribution in [0.4, 0.5) is 4.39 Å². The van der Waals surface area contributed by atoms with E-state index in [1.807, 2.05) is 37.5 Å². The normalized spacial score (nSPS) is 21.8. The van der Waals surface area contributed by atoms with Gasteiger partial charge in [-0.1, -0.05) is 43.3 Å². The van der Waals surface area contributed by atoms with E-state index in [2.05, 4.69) is 29.3 Å². The van der Waals surface area contributed by atoms with Crippen molar-refractivity contribution in [1.29, 1.82) is 0 Å². The van der Waals surface area contributed by atoms with E-state index < -0.39 is 11.8 Å². The van der Waals surface area contributed by atoms with Gasteiger partial charge in [0.25, 0.3) is 5.91 Å². The van der Waals surface area contributed by atoms with Crippen LogP contribution in [0.15, 0.2) is 54.9 Å². The molecule has 4 aromatic rings. The molecule has 9 nitrogen and oxygen atoms in total. The average Bonchev–Trinajstić information content (AvgIpc) is 3.41. The molecule has 2 fully saturated rings. The maximum absolute atomic E-state index is 16.0. The van der Waals surface area contributed by atoms with E-state index in [0.717, 1.165) is 24.2 Å². The minimum absolute atomic E-state index is 0.000672. The van der Waals surface area contributed by atoms with Gasteiger partial charge in [-0.25, -0.2) is 13.9 Å². The fraction of sp³-hybridized carbons (Fsp3) is 0.406. The van der Waals surface area contributed by atoms with Crippen molar-refractivity contribution >= 4 is 11.9 Å². The Balaban J connectivity index is 1.35. The van der Waals surface area contributed by atoms with Gasteiger partial charge in [0.05, 0.1) is 35.4 Å². The van der Waals surface area contributed by atoms with Crippen LogP contribution in [0.3, 0.4) is 0 Å². The number of hydrogen-bond acceptors (Lipinski definition) is 6. The zero-order chi connectivity index (χ0) is 29.5. The van der Waals surface area contributed by atoms with Crippen LogP contribution in [0.25, 0.3) is 16.8 Å². The summed E-state index contributed by atoms with van der Waals surface area (Å²) in [5, 5.41) is 12.9. The number of carbonyl (C=O) groups excluding carboxylic acids is 2. The summed E-state index contributed by atoms with van der Waals surface area (Å²) in [6, 6.07) is 12.3. The second-order valence-electron chi connectivity index (χ2n) is 11.7. The summed E-state index contributed by atoms with van der Waals surface area (Å²) in [7, 11) is 1.82. The van der Waals surface area contributed by atoms with Gasteiger partial charge in [-0.05, 0) is 55.4 Å². The van der Waals surface area contributed by atoms with E-state index in [9.17, 15) is 9.59 Å². The number of piperidine rings is 1. The lowest BCUT2D eigenvalue weighted by molar-refractivity contribution is 0.0524. The van der Waals surface area contributed by atoms with Crippen LogP contribution in [-0.2, 0) is 11.8 Å². The maximum Gasteiger partial charge on any atom is 0.341 e. The van der Waals surface area contributed by atoms with E-state index in [1.165, 1.54) is 6.20 Å². The fourth-order valence-corrected chi connectivity index (χ4v) is 6.37. The van der Waals surface area contributed by atoms with Crippen LogP contribution in [0.2, 0.25) is 0 Å². The molecule has 1 saturated heterocycles. The monoisotopic (exact) mass is 570 g/mol. The number of hydrogen-bond donors (Lipinski definition) is 0. The lowest BCUT2D eigenvalue weighted by atomic mass is 9.91. The summed E-state index contributed by atoms with van der Waals surface area (Å²) in [4.78, 5) is 28.1. The number of amides is 1. The fourth-order valence-electron chi connectivity index (χ4n) is 6.37. The van der Waals surface area contributed by atoms with E-state index in [4.69, 9.17) is 4.74 Å². The van der Waals surface area contributed by atoms with Crippen molar-refractivity contribution < 1.29 is 18.7 Å². The molecule has 2 aliphatic rings. The van der Waals surface area contributed by atoms with Gasteiger partial charge in [-0.15, -0.1) is 5.10 Å². The molecular formula is C32H35FN6O3. The largest absolute Gasteiger partial charge is 0.462 e. The number of nitrogens with zero attached hydrogens (tertiary/aromatic N) is 6. The molecular weight excluding hydrogens is 535 g/mol. The zero-order valence-electron chi connectivity index (χ0n) is 24.3. The quantitative estimate of drug-likeness (QED) is 0.277. The van der Waals surface area contributed by atoms with E-state index in [1.54, 1.807) is 39.4 Å². The van der Waals surface area contributed by atoms with Gasteiger partial charge in [0, 0.05) is 43.7 Å². The minimum Gasteiger partial charge on any atom is -0.462 e. The van der Waals surface area contributed by atoms with Crippen molar-refractivity contribution in [2.75, 3.05) is 19.7 Å². The van der Waals surface area contributed by atoms with E-state index >= 15 is 4.39 Å². The highest BCUT2D eigenvalue weighted by atomic mass is 19.1. The van der Waals surface area contributed by atoms with Crippen molar-refractivity contribution in [3.63, 3.8) is 0 Å². The molecule has 10 heteroatoms. The number of carbonyl (C=O) groups is 2. The molecule has 2 aromatic heterocycles. The van der Waals surface area contributed by atoms with Crippen molar-refractivity contribution in [1.82, 2.24) is 29.7 Å². The van der Waals surface area contributed by atoms with Crippen LogP contribution in [-0.4, -0.2) is 61.2 Å². The number of halogens is 1. The first-order valence-electron chi connectivity index (χ1n) is 14.5. The van der Waals surface area contributed by atoms with Crippen molar-refractivity contribution in [3.8, 4) is 16.8 Å². The maximum atomic E-state index is 16.0. The Morgan fingerprint density at radius 1 is 1.02 bits per heavy atom. The van der Waals surface area contributed by atoms with Gasteiger partial charge in [-0.3, -0.25) is 9.48 Å². The Morgan fingerprint density at radius 2 is 1.79 bits per heavy atom. The SMILES string of the molecule is CCOC(=O)c1cnn(-c2cccc(-c3cccc(C(=O)N4CC(C)CC(C)C4)c3F)c2)c1[C@@H]1C[C@H]1c1cn(C)nn1. The molecule has 2 aromatic carbocycles. The van der Waals surface area contributed by atoms with Gasteiger partial charge in [0.15, 0.2) is 0 Å². The van der Waals surface area contributed by atoms with Crippen molar-refractivity contribution in [2.24, 2.45) is 18.9 Å². The van der Waals surface area contributed by atoms with Gasteiger partial charge in [0.2, 0.25) is 0 Å². The highest BCUT2D eigenvalue weighted by Gasteiger charge is 2.46. The number of benzene rings is 2. The third-order valence-corrected chi connectivity index (χ3v) is 8.23. The summed E-state index contributed by atoms with van der Waals surface area (Å²) < 4.78 is 24.7. The summed E-state index contributed by atoms with van der Waals surface area (Å²) in [6.07, 6.45) is 5.28. The summed E-state index contributed by atoms with van der Waals surface area (Å²) in [5.74, 6) is -0.389. The van der Waals surface area contributed by atoms with Gasteiger partial charge >= 0.3 is 5.97 Å². The number of ether oxygens (including phenoxy) is 1. The van der Waals surface area contributed by atoms with Gasteiger partial charge in [0.1, 0.15) is 11.4 Å². The highest BCUT2D eigenvalue weighted by molar-refractivity contribution is 5.96. The second kappa shape index (κ2) is 11.2. The predicted molar refractivity (Wildman–Crippen MR) is 155 cm³/mol. The minimum atomic E-state index is -0.539. The first kappa shape index (κ1) is 27.8. The third-order valence-electron chi connectivity index (χ3n) is 8.23. The number of aromatic nitrogens is 5. The van der Waals surface area contributed by atoms with E-state index in [0.29, 0.717) is 47.3 Å².